The van der Waals surface area contributed by atoms with Crippen LogP contribution in [0.1, 0.15) is 89.8 Å². The predicted molar refractivity (Wildman–Crippen MR) is 264 cm³/mol. The Bertz CT molecular complexity index is 3090. The number of nitrogens with one attached hydrogen (secondary N) is 3. The van der Waals surface area contributed by atoms with Gasteiger partial charge in [-0.2, -0.15) is 10.2 Å². The second-order valence-corrected chi connectivity index (χ2v) is 19.2. The SMILES string of the molecule is COc1cc(C(=O)NCCCC#Cc2cn(Cc3ncc(C)c(OC)c3C)c3nc(N)nc(Cl)c23)ccc1NC(=O)C1NC(CC(C)(C)C)C(C#N)(c2ccc(Cl)cc2F)C1c1cccc(Cl)c1F. The zero-order valence-electron chi connectivity index (χ0n) is 39.0. The van der Waals surface area contributed by atoms with E-state index < -0.39 is 52.3 Å². The maximum absolute atomic E-state index is 16.2. The summed E-state index contributed by atoms with van der Waals surface area (Å²) in [6, 6.07) is 13.0. The zero-order valence-corrected chi connectivity index (χ0v) is 41.2. The van der Waals surface area contributed by atoms with Gasteiger partial charge in [0.05, 0.1) is 60.2 Å². The molecule has 1 aliphatic heterocycles. The highest BCUT2D eigenvalue weighted by Crippen LogP contribution is 2.53. The van der Waals surface area contributed by atoms with E-state index >= 15 is 8.78 Å². The van der Waals surface area contributed by atoms with Crippen LogP contribution in [0.4, 0.5) is 20.4 Å². The average molecular weight is 997 g/mol. The summed E-state index contributed by atoms with van der Waals surface area (Å²) in [6.07, 6.45) is 4.81. The van der Waals surface area contributed by atoms with E-state index in [0.717, 1.165) is 28.6 Å². The van der Waals surface area contributed by atoms with Crippen LogP contribution in [0.5, 0.6) is 11.5 Å². The second kappa shape index (κ2) is 20.6. The predicted octanol–water partition coefficient (Wildman–Crippen LogP) is 9.85. The minimum atomic E-state index is -1.82. The molecule has 7 rings (SSSR count). The van der Waals surface area contributed by atoms with Gasteiger partial charge in [0.15, 0.2) is 0 Å². The van der Waals surface area contributed by atoms with Crippen molar-refractivity contribution in [2.24, 2.45) is 5.41 Å². The number of rotatable bonds is 13. The van der Waals surface area contributed by atoms with Gasteiger partial charge in [-0.25, -0.2) is 13.8 Å². The van der Waals surface area contributed by atoms with Gasteiger partial charge in [-0.3, -0.25) is 14.6 Å². The van der Waals surface area contributed by atoms with Gasteiger partial charge >= 0.3 is 0 Å². The highest BCUT2D eigenvalue weighted by Gasteiger charge is 2.61. The molecule has 3 aromatic carbocycles. The van der Waals surface area contributed by atoms with Gasteiger partial charge in [0.25, 0.3) is 5.91 Å². The Morgan fingerprint density at radius 3 is 2.51 bits per heavy atom. The maximum Gasteiger partial charge on any atom is 0.251 e. The summed E-state index contributed by atoms with van der Waals surface area (Å²) in [6.45, 7) is 10.4. The van der Waals surface area contributed by atoms with Crippen LogP contribution in [0.3, 0.4) is 0 Å². The summed E-state index contributed by atoms with van der Waals surface area (Å²) in [5, 5.41) is 20.8. The summed E-state index contributed by atoms with van der Waals surface area (Å²) in [7, 11) is 3.01. The van der Waals surface area contributed by atoms with E-state index in [1.807, 2.05) is 45.4 Å². The van der Waals surface area contributed by atoms with Crippen molar-refractivity contribution >= 4 is 69.3 Å². The lowest BCUT2D eigenvalue weighted by Crippen LogP contribution is -2.45. The van der Waals surface area contributed by atoms with Gasteiger partial charge in [0, 0.05) is 64.6 Å². The van der Waals surface area contributed by atoms with Gasteiger partial charge < -0.3 is 35.7 Å². The Balaban J connectivity index is 1.07. The Morgan fingerprint density at radius 1 is 1.04 bits per heavy atom. The van der Waals surface area contributed by atoms with Crippen molar-refractivity contribution in [3.05, 3.63) is 133 Å². The number of hydrogen-bond acceptors (Lipinski definition) is 10. The van der Waals surface area contributed by atoms with E-state index in [-0.39, 0.29) is 55.8 Å². The first-order valence-corrected chi connectivity index (χ1v) is 23.1. The van der Waals surface area contributed by atoms with Gasteiger partial charge in [-0.1, -0.05) is 85.6 Å². The molecule has 69 heavy (non-hydrogen) atoms. The first-order valence-electron chi connectivity index (χ1n) is 21.9. The number of pyridine rings is 1. The number of ether oxygens (including phenoxy) is 2. The van der Waals surface area contributed by atoms with Crippen LogP contribution >= 0.6 is 34.8 Å². The van der Waals surface area contributed by atoms with Crippen molar-refractivity contribution in [3.8, 4) is 29.4 Å². The molecule has 1 fully saturated rings. The topological polar surface area (TPSA) is 182 Å². The number of hydrogen-bond donors (Lipinski definition) is 4. The summed E-state index contributed by atoms with van der Waals surface area (Å²) < 4.78 is 45.4. The first-order chi connectivity index (χ1) is 32.8. The van der Waals surface area contributed by atoms with Crippen molar-refractivity contribution in [2.75, 3.05) is 31.8 Å². The lowest BCUT2D eigenvalue weighted by Gasteiger charge is -2.37. The van der Waals surface area contributed by atoms with Crippen LogP contribution < -0.4 is 31.2 Å². The second-order valence-electron chi connectivity index (χ2n) is 18.0. The van der Waals surface area contributed by atoms with Gasteiger partial charge in [0.1, 0.15) is 39.3 Å². The minimum Gasteiger partial charge on any atom is -0.496 e. The molecule has 2 amide bonds. The molecule has 1 saturated heterocycles. The molecule has 0 saturated carbocycles. The van der Waals surface area contributed by atoms with E-state index in [2.05, 4.69) is 48.8 Å². The van der Waals surface area contributed by atoms with Gasteiger partial charge in [-0.15, -0.1) is 0 Å². The molecule has 6 aromatic rings. The maximum atomic E-state index is 16.2. The number of nitrogens with zero attached hydrogens (tertiary/aromatic N) is 5. The molecular weight excluding hydrogens is 947 g/mol. The van der Waals surface area contributed by atoms with Gasteiger partial charge in [0.2, 0.25) is 11.9 Å². The number of fused-ring (bicyclic) bond motifs is 1. The number of nitrogens with two attached hydrogens (primary N) is 1. The summed E-state index contributed by atoms with van der Waals surface area (Å²) in [5.74, 6) is 3.30. The van der Waals surface area contributed by atoms with Gasteiger partial charge in [-0.05, 0) is 74.1 Å². The van der Waals surface area contributed by atoms with Crippen LogP contribution in [-0.4, -0.2) is 64.2 Å². The number of aromatic nitrogens is 4. The normalized spacial score (nSPS) is 17.8. The summed E-state index contributed by atoms with van der Waals surface area (Å²) in [5.41, 5.74) is 7.78. The van der Waals surface area contributed by atoms with E-state index in [1.165, 1.54) is 55.6 Å². The molecule has 0 spiro atoms. The molecule has 4 unspecified atom stereocenters. The molecule has 0 radical (unpaired) electrons. The molecule has 1 aliphatic rings. The molecule has 4 atom stereocenters. The minimum absolute atomic E-state index is 0.0227. The number of nitriles is 1. The molecule has 13 nitrogen and oxygen atoms in total. The lowest BCUT2D eigenvalue weighted by molar-refractivity contribution is -0.118. The van der Waals surface area contributed by atoms with E-state index in [4.69, 9.17) is 50.0 Å². The average Bonchev–Trinajstić information content (AvgIpc) is 3.80. The highest BCUT2D eigenvalue weighted by atomic mass is 35.5. The van der Waals surface area contributed by atoms with E-state index in [1.54, 1.807) is 13.3 Å². The number of amides is 2. The number of halogens is 5. The summed E-state index contributed by atoms with van der Waals surface area (Å²) >= 11 is 19.0. The Hall–Kier alpha value is -6.49. The third-order valence-electron chi connectivity index (χ3n) is 12.2. The quantitative estimate of drug-likeness (QED) is 0.0494. The van der Waals surface area contributed by atoms with Crippen molar-refractivity contribution in [3.63, 3.8) is 0 Å². The van der Waals surface area contributed by atoms with Crippen molar-refractivity contribution in [1.82, 2.24) is 30.2 Å². The summed E-state index contributed by atoms with van der Waals surface area (Å²) in [4.78, 5) is 41.2. The van der Waals surface area contributed by atoms with E-state index in [9.17, 15) is 14.9 Å². The number of methoxy groups -OCH3 is 2. The Labute approximate surface area is 414 Å². The molecular formula is C51H50Cl3F2N9O4. The number of aryl methyl sites for hydroxylation is 1. The van der Waals surface area contributed by atoms with Crippen molar-refractivity contribution in [1.29, 1.82) is 5.26 Å². The van der Waals surface area contributed by atoms with Crippen LogP contribution in [0.25, 0.3) is 11.0 Å². The standard InChI is InChI=1S/C51H50Cl3F2N9O4/c1-27-23-60-37(28(2)44(27)69-7)25-65-24-30(40-45(54)63-49(58)64-46(40)65)12-9-8-10-19-59-47(66)29-15-18-36(38(20-29)68-6)61-48(67)43-41(32-13-11-14-34(53)42(32)56)51(26-57,39(62-43)22-50(3,4)5)33-17-16-31(52)21-35(33)55/h11,13-18,20-21,23-24,39,41,43,62H,8,10,19,22,25H2,1-7H3,(H,59,66)(H,61,67)(H2,58,63,64). The van der Waals surface area contributed by atoms with Crippen molar-refractivity contribution < 1.29 is 27.8 Å². The van der Waals surface area contributed by atoms with Crippen LogP contribution in [0.2, 0.25) is 15.2 Å². The molecule has 0 aliphatic carbocycles. The zero-order chi connectivity index (χ0) is 49.9. The lowest BCUT2D eigenvalue weighted by atomic mass is 9.62. The van der Waals surface area contributed by atoms with Crippen LogP contribution in [0.15, 0.2) is 67.0 Å². The third-order valence-corrected chi connectivity index (χ3v) is 13.0. The smallest absolute Gasteiger partial charge is 0.251 e. The number of nitrogen functional groups attached to an aromatic ring is 1. The number of anilines is 2. The largest absolute Gasteiger partial charge is 0.496 e. The molecule has 358 valence electrons. The fourth-order valence-corrected chi connectivity index (χ4v) is 9.72. The molecule has 0 bridgehead atoms. The number of benzene rings is 3. The van der Waals surface area contributed by atoms with Crippen LogP contribution in [-0.2, 0) is 16.8 Å². The number of unbranched alkanes of at least 4 members (excludes halogenated alkanes) is 1. The van der Waals surface area contributed by atoms with Crippen molar-refractivity contribution in [2.45, 2.75) is 83.8 Å². The molecule has 3 aromatic heterocycles. The number of carbonyl (C=O) groups is 2. The Morgan fingerprint density at radius 2 is 1.81 bits per heavy atom. The fourth-order valence-electron chi connectivity index (χ4n) is 9.11. The number of carbonyl (C=O) groups excluding carboxylic acids is 2. The molecule has 4 heterocycles. The Kier molecular flexibility index (Phi) is 15.1. The fraction of sp³-hybridized carbons (Fsp3) is 0.333. The third kappa shape index (κ3) is 10.3. The highest BCUT2D eigenvalue weighted by molar-refractivity contribution is 6.34. The van der Waals surface area contributed by atoms with E-state index in [0.29, 0.717) is 42.4 Å². The van der Waals surface area contributed by atoms with Crippen LogP contribution in [0, 0.1) is 54.1 Å². The molecule has 5 N–H and O–H groups in total. The monoisotopic (exact) mass is 995 g/mol. The molecule has 18 heteroatoms. The first kappa shape index (κ1) is 50.4.